The molecular formula is C28H27N3O5. The molecule has 0 saturated heterocycles. The monoisotopic (exact) mass is 485 g/mol. The van der Waals surface area contributed by atoms with Crippen LogP contribution in [0.3, 0.4) is 0 Å². The molecular weight excluding hydrogens is 458 g/mol. The fraction of sp³-hybridized carbons (Fsp3) is 0.214. The number of hydrogen-bond acceptors (Lipinski definition) is 7. The molecule has 1 N–H and O–H groups in total. The zero-order chi connectivity index (χ0) is 25.0. The number of carboxylic acids is 1. The molecule has 0 amide bonds. The Bertz CT molecular complexity index is 1260. The summed E-state index contributed by atoms with van der Waals surface area (Å²) in [7, 11) is 0. The van der Waals surface area contributed by atoms with E-state index in [-0.39, 0.29) is 13.0 Å². The van der Waals surface area contributed by atoms with Crippen LogP contribution in [0.2, 0.25) is 0 Å². The van der Waals surface area contributed by atoms with Crippen molar-refractivity contribution < 1.29 is 24.0 Å². The number of rotatable bonds is 13. The predicted octanol–water partition coefficient (Wildman–Crippen LogP) is 5.88. The van der Waals surface area contributed by atoms with Crippen molar-refractivity contribution in [3.63, 3.8) is 0 Å². The van der Waals surface area contributed by atoms with Gasteiger partial charge in [-0.2, -0.15) is 4.98 Å². The van der Waals surface area contributed by atoms with Gasteiger partial charge in [0.1, 0.15) is 12.4 Å². The molecule has 3 aromatic carbocycles. The second kappa shape index (κ2) is 12.9. The second-order valence-corrected chi connectivity index (χ2v) is 8.09. The minimum absolute atomic E-state index is 0.151. The van der Waals surface area contributed by atoms with Crippen molar-refractivity contribution in [2.24, 2.45) is 5.16 Å². The van der Waals surface area contributed by atoms with Gasteiger partial charge in [0.05, 0.1) is 5.71 Å². The van der Waals surface area contributed by atoms with Gasteiger partial charge in [0, 0.05) is 12.0 Å². The van der Waals surface area contributed by atoms with Crippen LogP contribution in [0.15, 0.2) is 94.6 Å². The molecule has 184 valence electrons. The van der Waals surface area contributed by atoms with Crippen LogP contribution in [-0.4, -0.2) is 26.9 Å². The lowest BCUT2D eigenvalue weighted by Gasteiger charge is -2.08. The number of aliphatic carboxylic acids is 1. The maximum Gasteiger partial charge on any atom is 0.303 e. The van der Waals surface area contributed by atoms with Crippen molar-refractivity contribution in [3.05, 3.63) is 102 Å². The van der Waals surface area contributed by atoms with E-state index in [2.05, 4.69) is 15.3 Å². The van der Waals surface area contributed by atoms with Crippen LogP contribution >= 0.6 is 0 Å². The molecule has 36 heavy (non-hydrogen) atoms. The quantitative estimate of drug-likeness (QED) is 0.143. The van der Waals surface area contributed by atoms with Gasteiger partial charge >= 0.3 is 5.97 Å². The van der Waals surface area contributed by atoms with E-state index in [1.807, 2.05) is 84.9 Å². The molecule has 0 atom stereocenters. The molecule has 0 aliphatic rings. The highest BCUT2D eigenvalue weighted by molar-refractivity contribution is 6.00. The first-order valence-corrected chi connectivity index (χ1v) is 11.7. The number of hydrogen-bond donors (Lipinski definition) is 1. The first-order chi connectivity index (χ1) is 17.7. The van der Waals surface area contributed by atoms with Crippen molar-refractivity contribution in [2.45, 2.75) is 38.9 Å². The van der Waals surface area contributed by atoms with E-state index in [0.29, 0.717) is 36.9 Å². The van der Waals surface area contributed by atoms with E-state index in [4.69, 9.17) is 19.2 Å². The van der Waals surface area contributed by atoms with Gasteiger partial charge in [0.15, 0.2) is 6.61 Å². The van der Waals surface area contributed by atoms with Crippen molar-refractivity contribution in [1.82, 2.24) is 10.1 Å². The number of oxime groups is 1. The summed E-state index contributed by atoms with van der Waals surface area (Å²) in [6, 6.07) is 26.9. The fourth-order valence-corrected chi connectivity index (χ4v) is 3.47. The summed E-state index contributed by atoms with van der Waals surface area (Å²) in [6.45, 7) is 0.470. The van der Waals surface area contributed by atoms with Gasteiger partial charge < -0.3 is 19.2 Å². The number of unbranched alkanes of at least 4 members (excludes halogenated alkanes) is 1. The van der Waals surface area contributed by atoms with Crippen LogP contribution in [0.1, 0.15) is 42.7 Å². The summed E-state index contributed by atoms with van der Waals surface area (Å²) in [5, 5.41) is 17.2. The number of carbonyl (C=O) groups is 1. The largest absolute Gasteiger partial charge is 0.484 e. The molecule has 0 unspecified atom stereocenters. The highest BCUT2D eigenvalue weighted by atomic mass is 16.6. The van der Waals surface area contributed by atoms with E-state index >= 15 is 0 Å². The molecule has 0 radical (unpaired) electrons. The minimum atomic E-state index is -0.786. The molecule has 1 heterocycles. The Morgan fingerprint density at radius 1 is 0.861 bits per heavy atom. The van der Waals surface area contributed by atoms with Gasteiger partial charge in [-0.1, -0.05) is 83.1 Å². The molecule has 0 saturated carbocycles. The number of carboxylic acid groups (broad SMARTS) is 1. The lowest BCUT2D eigenvalue weighted by molar-refractivity contribution is -0.137. The molecule has 0 spiro atoms. The molecule has 4 rings (SSSR count). The highest BCUT2D eigenvalue weighted by Gasteiger charge is 2.09. The SMILES string of the molecule is O=C(O)CCCCC(=NOCc1ccc(OCc2nc(-c3ccccc3)no2)cc1)c1ccccc1. The molecule has 8 nitrogen and oxygen atoms in total. The van der Waals surface area contributed by atoms with E-state index in [9.17, 15) is 4.79 Å². The highest BCUT2D eigenvalue weighted by Crippen LogP contribution is 2.18. The molecule has 0 aliphatic carbocycles. The van der Waals surface area contributed by atoms with Crippen LogP contribution in [0.5, 0.6) is 5.75 Å². The standard InChI is InChI=1S/C28H27N3O5/c32-27(33)14-8-7-13-25(22-9-3-1-4-10-22)30-35-19-21-15-17-24(18-16-21)34-20-26-29-28(31-36-26)23-11-5-2-6-12-23/h1-6,9-12,15-18H,7-8,13-14,19-20H2,(H,32,33). The Balaban J connectivity index is 1.28. The summed E-state index contributed by atoms with van der Waals surface area (Å²) in [5.74, 6) is 0.808. The summed E-state index contributed by atoms with van der Waals surface area (Å²) >= 11 is 0. The van der Waals surface area contributed by atoms with E-state index in [1.54, 1.807) is 0 Å². The summed E-state index contributed by atoms with van der Waals surface area (Å²) < 4.78 is 11.0. The Morgan fingerprint density at radius 3 is 2.28 bits per heavy atom. The first kappa shape index (κ1) is 24.7. The average molecular weight is 486 g/mol. The molecule has 4 aromatic rings. The molecule has 0 aliphatic heterocycles. The lowest BCUT2D eigenvalue weighted by Crippen LogP contribution is -2.03. The van der Waals surface area contributed by atoms with Gasteiger partial charge in [0.25, 0.3) is 5.89 Å². The van der Waals surface area contributed by atoms with E-state index in [0.717, 1.165) is 28.8 Å². The van der Waals surface area contributed by atoms with E-state index < -0.39 is 5.97 Å². The number of aromatic nitrogens is 2. The third-order valence-corrected chi connectivity index (χ3v) is 5.35. The number of ether oxygens (including phenoxy) is 1. The molecule has 8 heteroatoms. The van der Waals surface area contributed by atoms with Gasteiger partial charge in [-0.3, -0.25) is 4.79 Å². The van der Waals surface area contributed by atoms with Crippen LogP contribution in [0.25, 0.3) is 11.4 Å². The number of nitrogens with zero attached hydrogens (tertiary/aromatic N) is 3. The van der Waals surface area contributed by atoms with Crippen molar-refractivity contribution in [2.75, 3.05) is 0 Å². The molecule has 0 bridgehead atoms. The van der Waals surface area contributed by atoms with Gasteiger partial charge in [0.2, 0.25) is 5.82 Å². The summed E-state index contributed by atoms with van der Waals surface area (Å²) in [5.41, 5.74) is 3.59. The van der Waals surface area contributed by atoms with Gasteiger partial charge in [-0.05, 0) is 42.5 Å². The fourth-order valence-electron chi connectivity index (χ4n) is 3.47. The second-order valence-electron chi connectivity index (χ2n) is 8.09. The third-order valence-electron chi connectivity index (χ3n) is 5.35. The normalized spacial score (nSPS) is 11.3. The van der Waals surface area contributed by atoms with Crippen molar-refractivity contribution >= 4 is 11.7 Å². The average Bonchev–Trinajstić information content (AvgIpc) is 3.40. The predicted molar refractivity (Wildman–Crippen MR) is 134 cm³/mol. The number of benzene rings is 3. The zero-order valence-electron chi connectivity index (χ0n) is 19.7. The first-order valence-electron chi connectivity index (χ1n) is 11.7. The molecule has 1 aromatic heterocycles. The van der Waals surface area contributed by atoms with Crippen LogP contribution < -0.4 is 4.74 Å². The minimum Gasteiger partial charge on any atom is -0.484 e. The van der Waals surface area contributed by atoms with Gasteiger partial charge in [-0.15, -0.1) is 0 Å². The zero-order valence-corrected chi connectivity index (χ0v) is 19.7. The van der Waals surface area contributed by atoms with Crippen LogP contribution in [-0.2, 0) is 22.8 Å². The Labute approximate surface area is 209 Å². The Hall–Kier alpha value is -4.46. The topological polar surface area (TPSA) is 107 Å². The van der Waals surface area contributed by atoms with Crippen LogP contribution in [0, 0.1) is 0 Å². The van der Waals surface area contributed by atoms with Gasteiger partial charge in [-0.25, -0.2) is 0 Å². The smallest absolute Gasteiger partial charge is 0.303 e. The third kappa shape index (κ3) is 7.53. The van der Waals surface area contributed by atoms with Crippen molar-refractivity contribution in [1.29, 1.82) is 0 Å². The molecule has 0 fully saturated rings. The van der Waals surface area contributed by atoms with Crippen LogP contribution in [0.4, 0.5) is 0 Å². The summed E-state index contributed by atoms with van der Waals surface area (Å²) in [4.78, 5) is 20.7. The van der Waals surface area contributed by atoms with Crippen molar-refractivity contribution in [3.8, 4) is 17.1 Å². The maximum absolute atomic E-state index is 10.8. The van der Waals surface area contributed by atoms with E-state index in [1.165, 1.54) is 0 Å². The lowest BCUT2D eigenvalue weighted by atomic mass is 10.0. The maximum atomic E-state index is 10.8. The Kier molecular flexibility index (Phi) is 8.80. The Morgan fingerprint density at radius 2 is 1.56 bits per heavy atom. The summed E-state index contributed by atoms with van der Waals surface area (Å²) in [6.07, 6.45) is 2.12.